The number of H-pyrrole nitrogens is 1. The number of hydrogen-bond acceptors (Lipinski definition) is 13. The van der Waals surface area contributed by atoms with Gasteiger partial charge in [0.15, 0.2) is 22.6 Å². The molecule has 0 bridgehead atoms. The van der Waals surface area contributed by atoms with Crippen LogP contribution in [-0.4, -0.2) is 80.6 Å². The van der Waals surface area contributed by atoms with Gasteiger partial charge in [0.2, 0.25) is 0 Å². The third-order valence-corrected chi connectivity index (χ3v) is 9.75. The molecule has 0 aromatic carbocycles. The van der Waals surface area contributed by atoms with Crippen molar-refractivity contribution >= 4 is 41.6 Å². The number of nitrogens with one attached hydrogen (secondary N) is 1. The zero-order valence-corrected chi connectivity index (χ0v) is 27.2. The summed E-state index contributed by atoms with van der Waals surface area (Å²) in [4.78, 5) is 52.7. The molecule has 19 heteroatoms. The first kappa shape index (κ1) is 37.2. The van der Waals surface area contributed by atoms with Crippen LogP contribution in [0.4, 0.5) is 4.39 Å². The first-order valence-corrected chi connectivity index (χ1v) is 16.5. The van der Waals surface area contributed by atoms with Crippen molar-refractivity contribution < 1.29 is 42.0 Å². The summed E-state index contributed by atoms with van der Waals surface area (Å²) in [5.74, 6) is 0.160. The van der Waals surface area contributed by atoms with Gasteiger partial charge in [-0.3, -0.25) is 37.5 Å². The van der Waals surface area contributed by atoms with Gasteiger partial charge in [0.1, 0.15) is 11.7 Å². The van der Waals surface area contributed by atoms with Gasteiger partial charge in [-0.25, -0.2) is 13.8 Å². The maximum atomic E-state index is 15.3. The third-order valence-electron chi connectivity index (χ3n) is 5.82. The number of carbonyl (C=O) groups excluding carboxylic acids is 2. The molecule has 2 rings (SSSR count). The van der Waals surface area contributed by atoms with E-state index in [2.05, 4.69) is 10.0 Å². The van der Waals surface area contributed by atoms with Gasteiger partial charge in [-0.2, -0.15) is 0 Å². The number of halogens is 1. The average molecular weight is 670 g/mol. The number of azide groups is 1. The maximum absolute atomic E-state index is 15.3. The predicted octanol–water partition coefficient (Wildman–Crippen LogP) is 3.58. The van der Waals surface area contributed by atoms with Crippen LogP contribution in [0.2, 0.25) is 0 Å². The van der Waals surface area contributed by atoms with Crippen LogP contribution in [0.1, 0.15) is 47.8 Å². The number of rotatable bonds is 14. The number of hydrogen-bond donors (Lipinski definition) is 2. The molecule has 1 aromatic rings. The van der Waals surface area contributed by atoms with Crippen LogP contribution in [0.15, 0.2) is 27.0 Å². The molecule has 1 saturated heterocycles. The van der Waals surface area contributed by atoms with Crippen molar-refractivity contribution in [3.05, 3.63) is 43.5 Å². The number of aromatic nitrogens is 2. The Kier molecular flexibility index (Phi) is 13.2. The average Bonchev–Trinajstić information content (AvgIpc) is 3.15. The van der Waals surface area contributed by atoms with E-state index in [0.717, 1.165) is 35.8 Å². The molecule has 0 spiro atoms. The Hall–Kier alpha value is -2.01. The van der Waals surface area contributed by atoms with E-state index in [1.165, 1.54) is 0 Å². The molecular formula is C24H37FN5O10PS2. The number of ether oxygens (including phenoxy) is 1. The Labute approximate surface area is 255 Å². The number of alkyl halides is 1. The number of phosphoric ester groups is 1. The third kappa shape index (κ3) is 10.5. The molecule has 1 aliphatic rings. The molecule has 0 aliphatic carbocycles. The fourth-order valence-corrected chi connectivity index (χ4v) is 6.45. The van der Waals surface area contributed by atoms with E-state index in [9.17, 15) is 28.8 Å². The van der Waals surface area contributed by atoms with Crippen LogP contribution in [0.3, 0.4) is 0 Å². The van der Waals surface area contributed by atoms with Gasteiger partial charge in [-0.05, 0) is 5.53 Å². The number of phosphoric acid groups is 1. The van der Waals surface area contributed by atoms with Crippen molar-refractivity contribution in [3.8, 4) is 0 Å². The molecule has 4 atom stereocenters. The van der Waals surface area contributed by atoms with E-state index < -0.39 is 67.2 Å². The summed E-state index contributed by atoms with van der Waals surface area (Å²) in [6.45, 7) is 8.27. The van der Waals surface area contributed by atoms with E-state index in [0.29, 0.717) is 4.57 Å². The van der Waals surface area contributed by atoms with Gasteiger partial charge < -0.3 is 9.84 Å². The normalized spacial score (nSPS) is 22.7. The number of aliphatic hydroxyl groups is 1. The molecule has 1 aromatic heterocycles. The van der Waals surface area contributed by atoms with Crippen molar-refractivity contribution in [1.82, 2.24) is 9.55 Å². The molecule has 1 aliphatic heterocycles. The highest BCUT2D eigenvalue weighted by molar-refractivity contribution is 8.14. The van der Waals surface area contributed by atoms with Gasteiger partial charge in [0, 0.05) is 39.5 Å². The summed E-state index contributed by atoms with van der Waals surface area (Å²) in [7, 11) is -4.52. The summed E-state index contributed by atoms with van der Waals surface area (Å²) in [6.07, 6.45) is -5.16. The number of aromatic amines is 1. The van der Waals surface area contributed by atoms with Gasteiger partial charge >= 0.3 is 13.5 Å². The van der Waals surface area contributed by atoms with Crippen molar-refractivity contribution in [2.24, 2.45) is 15.9 Å². The van der Waals surface area contributed by atoms with Crippen LogP contribution < -0.4 is 11.2 Å². The summed E-state index contributed by atoms with van der Waals surface area (Å²) >= 11 is 1.88. The van der Waals surface area contributed by atoms with Crippen LogP contribution in [0.25, 0.3) is 10.4 Å². The number of nitrogens with zero attached hydrogens (tertiary/aromatic N) is 4. The maximum Gasteiger partial charge on any atom is 0.474 e. The first-order chi connectivity index (χ1) is 19.8. The van der Waals surface area contributed by atoms with E-state index in [1.54, 1.807) is 41.5 Å². The van der Waals surface area contributed by atoms with Crippen LogP contribution in [-0.2, 0) is 32.5 Å². The highest BCUT2D eigenvalue weighted by Gasteiger charge is 2.57. The minimum absolute atomic E-state index is 0.0802. The van der Waals surface area contributed by atoms with E-state index >= 15 is 4.39 Å². The Balaban J connectivity index is 2.25. The van der Waals surface area contributed by atoms with Crippen LogP contribution in [0, 0.1) is 10.8 Å². The van der Waals surface area contributed by atoms with Crippen molar-refractivity contribution in [2.75, 3.05) is 37.9 Å². The fraction of sp³-hybridized carbons (Fsp3) is 0.750. The second-order valence-electron chi connectivity index (χ2n) is 11.5. The summed E-state index contributed by atoms with van der Waals surface area (Å²) in [6, 6.07) is 0.939. The van der Waals surface area contributed by atoms with E-state index in [4.69, 9.17) is 23.8 Å². The Morgan fingerprint density at radius 3 is 2.14 bits per heavy atom. The highest BCUT2D eigenvalue weighted by Crippen LogP contribution is 2.52. The minimum Gasteiger partial charge on any atom is -0.387 e. The van der Waals surface area contributed by atoms with E-state index in [1.807, 2.05) is 4.98 Å². The number of aliphatic hydroxyl groups excluding tert-OH is 1. The minimum atomic E-state index is -4.52. The standard InChI is InChI=1S/C24H37FN5O10PS2/c1-22(2,3)19(33)42-11-9-37-41(36,38-10-12-43-20(34)23(4,5)6)39-14-24(13-27-29-26)17(32)16(25)18(40-24)30-8-7-15(31)28-21(30)35/h7-8,16-18,32H,9-14H2,1-6H3,(H,28,31,35)/t16-,17+,18?,24-/m1/s1. The van der Waals surface area contributed by atoms with Crippen molar-refractivity contribution in [1.29, 1.82) is 0 Å². The SMILES string of the molecule is CC(C)(C)C(=O)SCCOP(=O)(OCCSC(=O)C(C)(C)C)OC[C@@]1(CN=[N+]=[N-])OC(n2ccc(=O)[nH]c2=O)[C@H](F)[C@@H]1O. The largest absolute Gasteiger partial charge is 0.474 e. The lowest BCUT2D eigenvalue weighted by molar-refractivity contribution is -0.122. The lowest BCUT2D eigenvalue weighted by Crippen LogP contribution is -2.48. The lowest BCUT2D eigenvalue weighted by Gasteiger charge is -2.31. The second kappa shape index (κ2) is 15.3. The molecule has 0 saturated carbocycles. The van der Waals surface area contributed by atoms with E-state index in [-0.39, 0.29) is 35.0 Å². The fourth-order valence-electron chi connectivity index (χ4n) is 3.41. The molecule has 0 amide bonds. The molecule has 15 nitrogen and oxygen atoms in total. The van der Waals surface area contributed by atoms with Gasteiger partial charge in [0.25, 0.3) is 5.56 Å². The number of thioether (sulfide) groups is 2. The molecular weight excluding hydrogens is 632 g/mol. The second-order valence-corrected chi connectivity index (χ2v) is 15.3. The quantitative estimate of drug-likeness (QED) is 0.0957. The van der Waals surface area contributed by atoms with Crippen LogP contribution >= 0.6 is 31.3 Å². The summed E-state index contributed by atoms with van der Waals surface area (Å²) < 4.78 is 51.5. The first-order valence-electron chi connectivity index (χ1n) is 13.1. The molecule has 2 heterocycles. The molecule has 2 N–H and O–H groups in total. The molecule has 0 radical (unpaired) electrons. The van der Waals surface area contributed by atoms with Gasteiger partial charge in [-0.15, -0.1) is 0 Å². The summed E-state index contributed by atoms with van der Waals surface area (Å²) in [5.41, 5.74) is 3.69. The zero-order chi connectivity index (χ0) is 32.6. The van der Waals surface area contributed by atoms with Gasteiger partial charge in [0.05, 0.1) is 26.4 Å². The Bertz CT molecular complexity index is 1320. The lowest BCUT2D eigenvalue weighted by atomic mass is 9.97. The van der Waals surface area contributed by atoms with Crippen LogP contribution in [0.5, 0.6) is 0 Å². The topological polar surface area (TPSA) is 212 Å². The molecule has 1 fully saturated rings. The Morgan fingerprint density at radius 1 is 1.14 bits per heavy atom. The Morgan fingerprint density at radius 2 is 1.67 bits per heavy atom. The molecule has 242 valence electrons. The molecule has 43 heavy (non-hydrogen) atoms. The number of carbonyl (C=O) groups is 2. The van der Waals surface area contributed by atoms with Gasteiger partial charge in [-0.1, -0.05) is 70.2 Å². The van der Waals surface area contributed by atoms with Crippen molar-refractivity contribution in [2.45, 2.75) is 65.6 Å². The highest BCUT2D eigenvalue weighted by atomic mass is 32.2. The molecule has 1 unspecified atom stereocenters. The van der Waals surface area contributed by atoms with Crippen molar-refractivity contribution in [3.63, 3.8) is 0 Å². The summed E-state index contributed by atoms with van der Waals surface area (Å²) in [5, 5.41) is 13.9. The zero-order valence-electron chi connectivity index (χ0n) is 24.7. The predicted molar refractivity (Wildman–Crippen MR) is 158 cm³/mol. The monoisotopic (exact) mass is 669 g/mol. The smallest absolute Gasteiger partial charge is 0.387 e.